The standard InChI is InChI=1S/C21H16O2/c22-21(15-14-17-8-3-1-4-9-17)18-10-7-13-20(16-18)23-19-11-5-2-6-12-19/h1-16H. The Labute approximate surface area is 135 Å². The Hall–Kier alpha value is -3.13. The Morgan fingerprint density at radius 3 is 2.13 bits per heavy atom. The highest BCUT2D eigenvalue weighted by molar-refractivity contribution is 6.07. The van der Waals surface area contributed by atoms with Gasteiger partial charge in [0.2, 0.25) is 0 Å². The molecule has 0 unspecified atom stereocenters. The van der Waals surface area contributed by atoms with Gasteiger partial charge in [0.25, 0.3) is 0 Å². The molecule has 0 fully saturated rings. The van der Waals surface area contributed by atoms with Crippen molar-refractivity contribution >= 4 is 11.9 Å². The van der Waals surface area contributed by atoms with E-state index in [0.29, 0.717) is 11.3 Å². The Kier molecular flexibility index (Phi) is 4.65. The smallest absolute Gasteiger partial charge is 0.185 e. The van der Waals surface area contributed by atoms with E-state index in [2.05, 4.69) is 0 Å². The third kappa shape index (κ3) is 4.17. The molecule has 0 N–H and O–H groups in total. The molecule has 0 saturated carbocycles. The van der Waals surface area contributed by atoms with Crippen molar-refractivity contribution < 1.29 is 9.53 Å². The molecular weight excluding hydrogens is 284 g/mol. The highest BCUT2D eigenvalue weighted by atomic mass is 16.5. The summed E-state index contributed by atoms with van der Waals surface area (Å²) in [7, 11) is 0. The predicted molar refractivity (Wildman–Crippen MR) is 92.8 cm³/mol. The highest BCUT2D eigenvalue weighted by Crippen LogP contribution is 2.22. The van der Waals surface area contributed by atoms with Crippen LogP contribution in [0.5, 0.6) is 11.5 Å². The van der Waals surface area contributed by atoms with Crippen LogP contribution in [0, 0.1) is 0 Å². The van der Waals surface area contributed by atoms with Gasteiger partial charge in [0.1, 0.15) is 11.5 Å². The van der Waals surface area contributed by atoms with E-state index >= 15 is 0 Å². The van der Waals surface area contributed by atoms with Crippen LogP contribution in [0.4, 0.5) is 0 Å². The summed E-state index contributed by atoms with van der Waals surface area (Å²) in [6.07, 6.45) is 3.39. The van der Waals surface area contributed by atoms with Crippen LogP contribution in [0.3, 0.4) is 0 Å². The molecule has 23 heavy (non-hydrogen) atoms. The number of carbonyl (C=O) groups excluding carboxylic acids is 1. The number of hydrogen-bond donors (Lipinski definition) is 0. The van der Waals surface area contributed by atoms with Crippen molar-refractivity contribution in [2.75, 3.05) is 0 Å². The minimum Gasteiger partial charge on any atom is -0.457 e. The van der Waals surface area contributed by atoms with Crippen LogP contribution in [-0.2, 0) is 0 Å². The number of ether oxygens (including phenoxy) is 1. The molecule has 0 amide bonds. The molecule has 2 heteroatoms. The van der Waals surface area contributed by atoms with E-state index < -0.39 is 0 Å². The van der Waals surface area contributed by atoms with E-state index in [9.17, 15) is 4.79 Å². The van der Waals surface area contributed by atoms with E-state index in [4.69, 9.17) is 4.74 Å². The molecule has 0 atom stereocenters. The average molecular weight is 300 g/mol. The maximum Gasteiger partial charge on any atom is 0.185 e. The van der Waals surface area contributed by atoms with Crippen LogP contribution in [-0.4, -0.2) is 5.78 Å². The average Bonchev–Trinajstić information content (AvgIpc) is 2.62. The van der Waals surface area contributed by atoms with Gasteiger partial charge in [0, 0.05) is 5.56 Å². The predicted octanol–water partition coefficient (Wildman–Crippen LogP) is 5.38. The fraction of sp³-hybridized carbons (Fsp3) is 0. The van der Waals surface area contributed by atoms with Gasteiger partial charge < -0.3 is 4.74 Å². The van der Waals surface area contributed by atoms with Crippen LogP contribution in [0.15, 0.2) is 91.0 Å². The molecule has 0 saturated heterocycles. The maximum absolute atomic E-state index is 12.3. The van der Waals surface area contributed by atoms with E-state index in [-0.39, 0.29) is 5.78 Å². The molecule has 3 aromatic rings. The minimum absolute atomic E-state index is 0.0487. The van der Waals surface area contributed by atoms with E-state index in [1.165, 1.54) is 0 Å². The first-order valence-electron chi connectivity index (χ1n) is 7.42. The lowest BCUT2D eigenvalue weighted by Gasteiger charge is -2.06. The van der Waals surface area contributed by atoms with Gasteiger partial charge in [-0.15, -0.1) is 0 Å². The van der Waals surface area contributed by atoms with Gasteiger partial charge in [0.05, 0.1) is 0 Å². The summed E-state index contributed by atoms with van der Waals surface area (Å²) in [6, 6.07) is 26.5. The lowest BCUT2D eigenvalue weighted by atomic mass is 10.1. The zero-order valence-electron chi connectivity index (χ0n) is 12.6. The minimum atomic E-state index is -0.0487. The number of hydrogen-bond acceptors (Lipinski definition) is 2. The van der Waals surface area contributed by atoms with E-state index in [1.807, 2.05) is 78.9 Å². The second-order valence-electron chi connectivity index (χ2n) is 5.05. The molecule has 0 aliphatic rings. The van der Waals surface area contributed by atoms with Gasteiger partial charge in [-0.2, -0.15) is 0 Å². The molecule has 0 heterocycles. The SMILES string of the molecule is O=C(C=Cc1ccccc1)c1cccc(Oc2ccccc2)c1. The Morgan fingerprint density at radius 2 is 1.39 bits per heavy atom. The molecule has 3 aromatic carbocycles. The Balaban J connectivity index is 1.74. The van der Waals surface area contributed by atoms with Crippen LogP contribution in [0.2, 0.25) is 0 Å². The Bertz CT molecular complexity index is 806. The first-order chi connectivity index (χ1) is 11.3. The maximum atomic E-state index is 12.3. The van der Waals surface area contributed by atoms with Crippen molar-refractivity contribution in [2.45, 2.75) is 0 Å². The van der Waals surface area contributed by atoms with Gasteiger partial charge in [-0.25, -0.2) is 0 Å². The third-order valence-electron chi connectivity index (χ3n) is 3.32. The van der Waals surface area contributed by atoms with Crippen LogP contribution >= 0.6 is 0 Å². The van der Waals surface area contributed by atoms with E-state index in [1.54, 1.807) is 18.2 Å². The van der Waals surface area contributed by atoms with Gasteiger partial charge in [0.15, 0.2) is 5.78 Å². The second-order valence-corrected chi connectivity index (χ2v) is 5.05. The summed E-state index contributed by atoms with van der Waals surface area (Å²) >= 11 is 0. The van der Waals surface area contributed by atoms with Gasteiger partial charge >= 0.3 is 0 Å². The zero-order valence-corrected chi connectivity index (χ0v) is 12.6. The second kappa shape index (κ2) is 7.23. The molecule has 0 spiro atoms. The first-order valence-corrected chi connectivity index (χ1v) is 7.42. The molecular formula is C21H16O2. The number of allylic oxidation sites excluding steroid dienone is 1. The molecule has 2 nitrogen and oxygen atoms in total. The number of rotatable bonds is 5. The van der Waals surface area contributed by atoms with E-state index in [0.717, 1.165) is 11.3 Å². The first kappa shape index (κ1) is 14.8. The third-order valence-corrected chi connectivity index (χ3v) is 3.32. The van der Waals surface area contributed by atoms with Gasteiger partial charge in [-0.1, -0.05) is 66.7 Å². The summed E-state index contributed by atoms with van der Waals surface area (Å²) in [5, 5.41) is 0. The normalized spacial score (nSPS) is 10.6. The summed E-state index contributed by atoms with van der Waals surface area (Å²) in [4.78, 5) is 12.3. The van der Waals surface area contributed by atoms with Crippen LogP contribution < -0.4 is 4.74 Å². The number of benzene rings is 3. The van der Waals surface area contributed by atoms with Crippen molar-refractivity contribution in [1.29, 1.82) is 0 Å². The fourth-order valence-corrected chi connectivity index (χ4v) is 2.17. The van der Waals surface area contributed by atoms with Crippen LogP contribution in [0.25, 0.3) is 6.08 Å². The quantitative estimate of drug-likeness (QED) is 0.467. The largest absolute Gasteiger partial charge is 0.457 e. The summed E-state index contributed by atoms with van der Waals surface area (Å²) in [6.45, 7) is 0. The van der Waals surface area contributed by atoms with Crippen molar-refractivity contribution in [2.24, 2.45) is 0 Å². The monoisotopic (exact) mass is 300 g/mol. The lowest BCUT2D eigenvalue weighted by molar-refractivity contribution is 0.104. The fourth-order valence-electron chi connectivity index (χ4n) is 2.17. The summed E-state index contributed by atoms with van der Waals surface area (Å²) in [5.74, 6) is 1.35. The van der Waals surface area contributed by atoms with Crippen molar-refractivity contribution in [3.63, 3.8) is 0 Å². The molecule has 0 aliphatic carbocycles. The van der Waals surface area contributed by atoms with Gasteiger partial charge in [-0.3, -0.25) is 4.79 Å². The van der Waals surface area contributed by atoms with Crippen molar-refractivity contribution in [3.05, 3.63) is 102 Å². The summed E-state index contributed by atoms with van der Waals surface area (Å²) in [5.41, 5.74) is 1.60. The lowest BCUT2D eigenvalue weighted by Crippen LogP contribution is -1.94. The zero-order chi connectivity index (χ0) is 15.9. The van der Waals surface area contributed by atoms with Crippen molar-refractivity contribution in [1.82, 2.24) is 0 Å². The number of carbonyl (C=O) groups is 1. The molecule has 112 valence electrons. The topological polar surface area (TPSA) is 26.3 Å². The molecule has 0 aromatic heterocycles. The number of ketones is 1. The molecule has 3 rings (SSSR count). The molecule has 0 radical (unpaired) electrons. The molecule has 0 bridgehead atoms. The van der Waals surface area contributed by atoms with Gasteiger partial charge in [-0.05, 0) is 35.9 Å². The van der Waals surface area contributed by atoms with Crippen LogP contribution in [0.1, 0.15) is 15.9 Å². The summed E-state index contributed by atoms with van der Waals surface area (Å²) < 4.78 is 5.76. The number of para-hydroxylation sites is 1. The molecule has 0 aliphatic heterocycles. The highest BCUT2D eigenvalue weighted by Gasteiger charge is 2.04. The van der Waals surface area contributed by atoms with Crippen molar-refractivity contribution in [3.8, 4) is 11.5 Å². The Morgan fingerprint density at radius 1 is 0.739 bits per heavy atom.